The number of H-pyrrole nitrogens is 1. The zero-order valence-electron chi connectivity index (χ0n) is 11.6. The fourth-order valence-electron chi connectivity index (χ4n) is 2.81. The molecule has 21 heavy (non-hydrogen) atoms. The predicted octanol–water partition coefficient (Wildman–Crippen LogP) is 3.56. The van der Waals surface area contributed by atoms with Crippen LogP contribution in [0.25, 0.3) is 10.9 Å². The third-order valence-electron chi connectivity index (χ3n) is 3.86. The Morgan fingerprint density at radius 1 is 1.05 bits per heavy atom. The monoisotopic (exact) mass is 276 g/mol. The maximum atomic E-state index is 5.75. The average molecular weight is 276 g/mol. The van der Waals surface area contributed by atoms with Crippen LogP contribution in [0.5, 0.6) is 0 Å². The molecule has 0 saturated carbocycles. The average Bonchev–Trinajstić information content (AvgIpc) is 3.17. The molecule has 0 fully saturated rings. The van der Waals surface area contributed by atoms with E-state index >= 15 is 0 Å². The van der Waals surface area contributed by atoms with Gasteiger partial charge in [0.05, 0.1) is 6.04 Å². The third kappa shape index (κ3) is 2.31. The summed E-state index contributed by atoms with van der Waals surface area (Å²) in [5.74, 6) is 0.764. The molecular weight excluding hydrogens is 260 g/mol. The number of hydrogen-bond donors (Lipinski definition) is 1. The molecule has 3 nitrogen and oxygen atoms in total. The first kappa shape index (κ1) is 12.2. The van der Waals surface area contributed by atoms with Crippen molar-refractivity contribution in [2.45, 2.75) is 12.5 Å². The first-order valence-electron chi connectivity index (χ1n) is 7.21. The summed E-state index contributed by atoms with van der Waals surface area (Å²) >= 11 is 0. The summed E-state index contributed by atoms with van der Waals surface area (Å²) in [6.07, 6.45) is 2.99. The van der Waals surface area contributed by atoms with Gasteiger partial charge in [0.15, 0.2) is 0 Å². The number of nitrogens with zero attached hydrogens (tertiary/aromatic N) is 1. The fourth-order valence-corrected chi connectivity index (χ4v) is 2.81. The van der Waals surface area contributed by atoms with Gasteiger partial charge < -0.3 is 9.72 Å². The van der Waals surface area contributed by atoms with E-state index in [1.807, 2.05) is 36.4 Å². The molecule has 2 heterocycles. The minimum Gasteiger partial charge on any atom is -0.475 e. The van der Waals surface area contributed by atoms with Gasteiger partial charge in [-0.15, -0.1) is 0 Å². The van der Waals surface area contributed by atoms with Crippen molar-refractivity contribution < 1.29 is 4.74 Å². The lowest BCUT2D eigenvalue weighted by Gasteiger charge is -2.03. The summed E-state index contributed by atoms with van der Waals surface area (Å²) in [4.78, 5) is 8.04. The molecule has 1 aromatic heterocycles. The first-order valence-corrected chi connectivity index (χ1v) is 7.21. The van der Waals surface area contributed by atoms with E-state index in [1.165, 1.54) is 16.5 Å². The highest BCUT2D eigenvalue weighted by Gasteiger charge is 2.21. The predicted molar refractivity (Wildman–Crippen MR) is 84.7 cm³/mol. The number of nitrogens with one attached hydrogen (secondary N) is 1. The maximum absolute atomic E-state index is 5.75. The van der Waals surface area contributed by atoms with Crippen LogP contribution in [0.2, 0.25) is 0 Å². The molecule has 0 bridgehead atoms. The summed E-state index contributed by atoms with van der Waals surface area (Å²) < 4.78 is 5.75. The van der Waals surface area contributed by atoms with Gasteiger partial charge in [0.1, 0.15) is 6.61 Å². The zero-order valence-corrected chi connectivity index (χ0v) is 11.6. The standard InChI is InChI=1S/C18H16N2O/c1-2-6-13(7-3-1)18-20-15(12-21-18)10-14-11-19-17-9-5-4-8-16(14)17/h1-9,11,15,19H,10,12H2/t15-/m0/s1. The number of aliphatic imine (C=N–C) groups is 1. The van der Waals surface area contributed by atoms with Gasteiger partial charge >= 0.3 is 0 Å². The second kappa shape index (κ2) is 5.09. The molecule has 0 amide bonds. The van der Waals surface area contributed by atoms with Crippen molar-refractivity contribution in [3.8, 4) is 0 Å². The number of rotatable bonds is 3. The van der Waals surface area contributed by atoms with Gasteiger partial charge in [-0.3, -0.25) is 0 Å². The quantitative estimate of drug-likeness (QED) is 0.780. The van der Waals surface area contributed by atoms with Gasteiger partial charge in [-0.25, -0.2) is 4.99 Å². The van der Waals surface area contributed by atoms with Crippen LogP contribution in [-0.2, 0) is 11.2 Å². The smallest absolute Gasteiger partial charge is 0.216 e. The van der Waals surface area contributed by atoms with Crippen molar-refractivity contribution >= 4 is 16.8 Å². The van der Waals surface area contributed by atoms with E-state index in [9.17, 15) is 0 Å². The summed E-state index contributed by atoms with van der Waals surface area (Å²) in [5, 5.41) is 1.28. The Morgan fingerprint density at radius 3 is 2.76 bits per heavy atom. The van der Waals surface area contributed by atoms with E-state index < -0.39 is 0 Å². The van der Waals surface area contributed by atoms with Gasteiger partial charge in [0.25, 0.3) is 0 Å². The molecule has 0 unspecified atom stereocenters. The van der Waals surface area contributed by atoms with Crippen LogP contribution in [0.3, 0.4) is 0 Å². The fraction of sp³-hybridized carbons (Fsp3) is 0.167. The SMILES string of the molecule is c1ccc(C2=N[C@@H](Cc3c[nH]c4ccccc34)CO2)cc1. The number of fused-ring (bicyclic) bond motifs is 1. The van der Waals surface area contributed by atoms with E-state index in [-0.39, 0.29) is 6.04 Å². The van der Waals surface area contributed by atoms with E-state index in [0.717, 1.165) is 17.9 Å². The minimum atomic E-state index is 0.194. The van der Waals surface area contributed by atoms with Crippen molar-refractivity contribution in [3.63, 3.8) is 0 Å². The summed E-state index contributed by atoms with van der Waals surface area (Å²) in [5.41, 5.74) is 3.54. The molecular formula is C18H16N2O. The molecule has 2 aromatic carbocycles. The third-order valence-corrected chi connectivity index (χ3v) is 3.86. The van der Waals surface area contributed by atoms with Crippen molar-refractivity contribution in [2.75, 3.05) is 6.61 Å². The van der Waals surface area contributed by atoms with Crippen LogP contribution in [0.4, 0.5) is 0 Å². The van der Waals surface area contributed by atoms with Crippen LogP contribution in [0.15, 0.2) is 65.8 Å². The Balaban J connectivity index is 1.57. The molecule has 4 rings (SSSR count). The van der Waals surface area contributed by atoms with Crippen molar-refractivity contribution in [3.05, 3.63) is 71.9 Å². The van der Waals surface area contributed by atoms with E-state index in [1.54, 1.807) is 0 Å². The Hall–Kier alpha value is -2.55. The van der Waals surface area contributed by atoms with Crippen molar-refractivity contribution in [1.29, 1.82) is 0 Å². The van der Waals surface area contributed by atoms with Crippen LogP contribution in [0.1, 0.15) is 11.1 Å². The topological polar surface area (TPSA) is 37.4 Å². The lowest BCUT2D eigenvalue weighted by molar-refractivity contribution is 0.317. The molecule has 0 radical (unpaired) electrons. The molecule has 0 spiro atoms. The normalized spacial score (nSPS) is 17.7. The minimum absolute atomic E-state index is 0.194. The number of para-hydroxylation sites is 1. The molecule has 3 aromatic rings. The van der Waals surface area contributed by atoms with E-state index in [2.05, 4.69) is 29.4 Å². The van der Waals surface area contributed by atoms with Gasteiger partial charge in [-0.05, 0) is 23.8 Å². The molecule has 104 valence electrons. The molecule has 3 heteroatoms. The highest BCUT2D eigenvalue weighted by molar-refractivity contribution is 5.95. The van der Waals surface area contributed by atoms with Crippen molar-refractivity contribution in [2.24, 2.45) is 4.99 Å². The van der Waals surface area contributed by atoms with Gasteiger partial charge in [0.2, 0.25) is 5.90 Å². The summed E-state index contributed by atoms with van der Waals surface area (Å²) in [6, 6.07) is 18.7. The Bertz CT molecular complexity index is 789. The molecule has 1 aliphatic rings. The van der Waals surface area contributed by atoms with Gasteiger partial charge in [-0.1, -0.05) is 36.4 Å². The molecule has 1 atom stereocenters. The highest BCUT2D eigenvalue weighted by atomic mass is 16.5. The van der Waals surface area contributed by atoms with Gasteiger partial charge in [0, 0.05) is 29.1 Å². The molecule has 0 aliphatic carbocycles. The Kier molecular flexibility index (Phi) is 2.96. The van der Waals surface area contributed by atoms with Crippen LogP contribution in [0, 0.1) is 0 Å². The van der Waals surface area contributed by atoms with Gasteiger partial charge in [-0.2, -0.15) is 0 Å². The Labute approximate surface area is 123 Å². The lowest BCUT2D eigenvalue weighted by Crippen LogP contribution is -2.09. The van der Waals surface area contributed by atoms with Crippen LogP contribution >= 0.6 is 0 Å². The van der Waals surface area contributed by atoms with E-state index in [4.69, 9.17) is 9.73 Å². The molecule has 1 N–H and O–H groups in total. The number of aromatic nitrogens is 1. The number of hydrogen-bond acceptors (Lipinski definition) is 2. The van der Waals surface area contributed by atoms with E-state index in [0.29, 0.717) is 6.61 Å². The van der Waals surface area contributed by atoms with Crippen molar-refractivity contribution in [1.82, 2.24) is 4.98 Å². The zero-order chi connectivity index (χ0) is 14.1. The number of aromatic amines is 1. The summed E-state index contributed by atoms with van der Waals surface area (Å²) in [6.45, 7) is 0.656. The first-order chi connectivity index (χ1) is 10.4. The molecule has 0 saturated heterocycles. The Morgan fingerprint density at radius 2 is 1.86 bits per heavy atom. The second-order valence-corrected chi connectivity index (χ2v) is 5.33. The van der Waals surface area contributed by atoms with Crippen LogP contribution in [-0.4, -0.2) is 23.5 Å². The molecule has 1 aliphatic heterocycles. The lowest BCUT2D eigenvalue weighted by atomic mass is 10.1. The maximum Gasteiger partial charge on any atom is 0.216 e. The van der Waals surface area contributed by atoms with Crippen LogP contribution < -0.4 is 0 Å². The number of benzene rings is 2. The highest BCUT2D eigenvalue weighted by Crippen LogP contribution is 2.22. The number of ether oxygens (including phenoxy) is 1. The summed E-state index contributed by atoms with van der Waals surface area (Å²) in [7, 11) is 0. The second-order valence-electron chi connectivity index (χ2n) is 5.33. The largest absolute Gasteiger partial charge is 0.475 e.